The quantitative estimate of drug-likeness (QED) is 0.0166. The van der Waals surface area contributed by atoms with Crippen LogP contribution in [-0.2, 0) is 80.0 Å². The first kappa shape index (κ1) is 90.9. The molecule has 0 bridgehead atoms. The summed E-state index contributed by atoms with van der Waals surface area (Å²) >= 11 is 0. The predicted octanol–water partition coefficient (Wildman–Crippen LogP) is -1.94. The van der Waals surface area contributed by atoms with Gasteiger partial charge in [-0.05, 0) is 140 Å². The van der Waals surface area contributed by atoms with Gasteiger partial charge in [-0.2, -0.15) is 0 Å². The number of carboxylic acids is 2. The second-order valence-corrected chi connectivity index (χ2v) is 27.4. The normalized spacial score (nSPS) is 14.9. The number of carbonyl (C=O) groups excluding carboxylic acids is 12. The topological polar surface area (TPSA) is 568 Å². The van der Waals surface area contributed by atoms with Crippen molar-refractivity contribution in [3.05, 3.63) is 71.9 Å². The number of H-pyrrole nitrogens is 1. The lowest BCUT2D eigenvalue weighted by Crippen LogP contribution is -2.61. The maximum absolute atomic E-state index is 14.9. The van der Waals surface area contributed by atoms with Crippen LogP contribution in [-0.4, -0.2) is 210 Å². The molecule has 0 fully saturated rings. The highest BCUT2D eigenvalue weighted by atomic mass is 16.4. The molecule has 1 aromatic heterocycles. The third-order valence-electron chi connectivity index (χ3n) is 17.8. The van der Waals surface area contributed by atoms with Gasteiger partial charge in [-0.3, -0.25) is 67.3 Å². The van der Waals surface area contributed by atoms with Crippen LogP contribution in [0.5, 0.6) is 0 Å². The molecule has 35 heteroatoms. The van der Waals surface area contributed by atoms with Gasteiger partial charge in [-0.25, -0.2) is 4.79 Å². The maximum Gasteiger partial charge on any atom is 0.326 e. The first-order valence-corrected chi connectivity index (χ1v) is 36.4. The van der Waals surface area contributed by atoms with E-state index in [4.69, 9.17) is 22.9 Å². The van der Waals surface area contributed by atoms with Crippen molar-refractivity contribution >= 4 is 99.7 Å². The number of nitrogens with two attached hydrogens (primary N) is 4. The highest BCUT2D eigenvalue weighted by Crippen LogP contribution is 2.21. The van der Waals surface area contributed by atoms with E-state index in [-0.39, 0.29) is 76.5 Å². The van der Waals surface area contributed by atoms with Gasteiger partial charge in [0.25, 0.3) is 0 Å². The van der Waals surface area contributed by atoms with Gasteiger partial charge in [0.2, 0.25) is 70.9 Å². The summed E-state index contributed by atoms with van der Waals surface area (Å²) in [6.45, 7) is 14.6. The summed E-state index contributed by atoms with van der Waals surface area (Å²) in [7, 11) is 1.56. The second kappa shape index (κ2) is 47.3. The standard InChI is InChI=1S/C72H115N19O16/c1-11-41(6)59(91-68(103)54(35-45-22-13-12-14-23-45)89-65(100)51(29-30-57(93)94)85-64(99)50(27-18-20-32-74)84-61(96)43(8)81-60(95)42(7)77-10)70(105)82-44(9)62(97)87-55(36-46-37-79-48-25-16-15-24-47(46)48)66(101)88-53(34-39(2)3)67(102)90-58(40(4)5)69(104)86-49(26-17-19-31-73)63(98)80-38-56(92)83-52(71(106)107)28-21-33-78-72(75)76/h12-16,22-25,37,39-44,49-55,58-59,77,79H,11,17-21,26-36,38,73-74H2,1-10H3,(H,80,98)(H,81,95)(H,82,105)(H,83,92)(H,84,96)(H,85,99)(H,86,104)(H,87,97)(H,88,101)(H,89,100)(H,90,102)(H,91,103)(H,93,94)(H,106,107)(H4,75,76,78)/t41-,42-,43-,44-,49-,50-,51-,52-,53-,54-,55-,58-,59-/m0/s1. The number of hydrogen-bond donors (Lipinski definition) is 20. The van der Waals surface area contributed by atoms with Gasteiger partial charge in [-0.15, -0.1) is 0 Å². The molecule has 35 nitrogen and oxygen atoms in total. The Morgan fingerprint density at radius 1 is 0.477 bits per heavy atom. The van der Waals surface area contributed by atoms with Crippen LogP contribution in [0.4, 0.5) is 0 Å². The van der Waals surface area contributed by atoms with E-state index >= 15 is 0 Å². The molecule has 594 valence electrons. The molecule has 2 aromatic carbocycles. The van der Waals surface area contributed by atoms with E-state index in [1.165, 1.54) is 13.8 Å². The van der Waals surface area contributed by atoms with Gasteiger partial charge in [0.05, 0.1) is 12.6 Å². The molecule has 0 saturated carbocycles. The number of para-hydroxylation sites is 1. The lowest BCUT2D eigenvalue weighted by Gasteiger charge is -2.30. The Hall–Kier alpha value is -10.3. The highest BCUT2D eigenvalue weighted by Gasteiger charge is 2.38. The lowest BCUT2D eigenvalue weighted by molar-refractivity contribution is -0.142. The fraction of sp³-hybridized carbons (Fsp3) is 0.597. The third kappa shape index (κ3) is 32.5. The van der Waals surface area contributed by atoms with Crippen molar-refractivity contribution in [2.45, 2.75) is 225 Å². The molecule has 0 saturated heterocycles. The van der Waals surface area contributed by atoms with E-state index in [1.807, 2.05) is 0 Å². The van der Waals surface area contributed by atoms with Gasteiger partial charge in [0.1, 0.15) is 66.5 Å². The van der Waals surface area contributed by atoms with Gasteiger partial charge >= 0.3 is 11.9 Å². The highest BCUT2D eigenvalue weighted by molar-refractivity contribution is 6.00. The molecule has 13 atom stereocenters. The summed E-state index contributed by atoms with van der Waals surface area (Å²) in [6.07, 6.45) is 2.43. The molecule has 0 spiro atoms. The van der Waals surface area contributed by atoms with Crippen molar-refractivity contribution in [1.82, 2.24) is 74.1 Å². The largest absolute Gasteiger partial charge is 0.481 e. The molecule has 107 heavy (non-hydrogen) atoms. The number of guanidine groups is 1. The number of carboxylic acid groups (broad SMARTS) is 2. The van der Waals surface area contributed by atoms with Crippen molar-refractivity contribution in [2.24, 2.45) is 45.7 Å². The van der Waals surface area contributed by atoms with Crippen LogP contribution >= 0.6 is 0 Å². The summed E-state index contributed by atoms with van der Waals surface area (Å²) in [5, 5.41) is 54.5. The fourth-order valence-electron chi connectivity index (χ4n) is 11.2. The Bertz CT molecular complexity index is 3480. The number of fused-ring (bicyclic) bond motifs is 1. The van der Waals surface area contributed by atoms with E-state index < -0.39 is 187 Å². The van der Waals surface area contributed by atoms with Crippen molar-refractivity contribution in [3.63, 3.8) is 0 Å². The number of rotatable bonds is 50. The minimum absolute atomic E-state index is 0.0217. The van der Waals surface area contributed by atoms with E-state index in [1.54, 1.807) is 116 Å². The number of likely N-dealkylation sites (N-methyl/N-ethyl adjacent to an activating group) is 1. The molecular formula is C72H115N19O16. The van der Waals surface area contributed by atoms with Gasteiger partial charge in [0.15, 0.2) is 5.96 Å². The molecule has 24 N–H and O–H groups in total. The molecular weight excluding hydrogens is 1390 g/mol. The molecule has 3 rings (SSSR count). The minimum Gasteiger partial charge on any atom is -0.481 e. The minimum atomic E-state index is -1.60. The number of aliphatic imine (C=N–C) groups is 1. The number of nitrogens with zero attached hydrogens (tertiary/aromatic N) is 1. The molecule has 0 radical (unpaired) electrons. The van der Waals surface area contributed by atoms with Crippen molar-refractivity contribution in [1.29, 1.82) is 0 Å². The van der Waals surface area contributed by atoms with Crippen LogP contribution in [0, 0.1) is 17.8 Å². The first-order chi connectivity index (χ1) is 50.6. The fourth-order valence-corrected chi connectivity index (χ4v) is 11.2. The Labute approximate surface area is 624 Å². The zero-order valence-corrected chi connectivity index (χ0v) is 63.0. The smallest absolute Gasteiger partial charge is 0.326 e. The van der Waals surface area contributed by atoms with E-state index in [0.29, 0.717) is 54.1 Å². The van der Waals surface area contributed by atoms with Crippen molar-refractivity contribution < 1.29 is 77.3 Å². The molecule has 0 aliphatic heterocycles. The maximum atomic E-state index is 14.9. The van der Waals surface area contributed by atoms with Crippen LogP contribution in [0.1, 0.15) is 150 Å². The van der Waals surface area contributed by atoms with Crippen LogP contribution in [0.2, 0.25) is 0 Å². The van der Waals surface area contributed by atoms with E-state index in [2.05, 4.69) is 79.1 Å². The average Bonchev–Trinajstić information content (AvgIpc) is 1.76. The summed E-state index contributed by atoms with van der Waals surface area (Å²) in [6, 6.07) is 0.0169. The first-order valence-electron chi connectivity index (χ1n) is 36.4. The SMILES string of the molecule is CC[C@H](C)[C@H](NC(=O)[C@H](Cc1ccccc1)NC(=O)[C@H](CCC(=O)O)NC(=O)[C@H](CCCCN)NC(=O)[C@H](C)NC(=O)[C@H](C)NC)C(=O)N[C@@H](C)C(=O)N[C@@H](Cc1c[nH]c2ccccc12)C(=O)N[C@@H](CC(C)C)C(=O)N[C@H](C(=O)N[C@@H](CCCCN)C(=O)NCC(=O)N[C@@H](CCCN=C(N)N)C(=O)O)C(C)C. The van der Waals surface area contributed by atoms with Crippen LogP contribution in [0.25, 0.3) is 10.9 Å². The number of nitrogens with one attached hydrogen (secondary N) is 14. The number of hydrogen-bond acceptors (Lipinski definition) is 18. The number of aromatic amines is 1. The van der Waals surface area contributed by atoms with E-state index in [9.17, 15) is 77.3 Å². The monoisotopic (exact) mass is 1500 g/mol. The number of carbonyl (C=O) groups is 14. The Kier molecular flexibility index (Phi) is 40.2. The summed E-state index contributed by atoms with van der Waals surface area (Å²) < 4.78 is 0. The second-order valence-electron chi connectivity index (χ2n) is 27.4. The molecule has 0 unspecified atom stereocenters. The molecule has 3 aromatic rings. The molecule has 0 aliphatic carbocycles. The van der Waals surface area contributed by atoms with Crippen LogP contribution in [0.3, 0.4) is 0 Å². The average molecular weight is 1500 g/mol. The number of benzene rings is 2. The van der Waals surface area contributed by atoms with Crippen molar-refractivity contribution in [3.8, 4) is 0 Å². The number of amides is 12. The summed E-state index contributed by atoms with van der Waals surface area (Å²) in [4.78, 5) is 200. The zero-order chi connectivity index (χ0) is 80.0. The Morgan fingerprint density at radius 3 is 1.50 bits per heavy atom. The lowest BCUT2D eigenvalue weighted by atomic mass is 9.96. The van der Waals surface area contributed by atoms with E-state index in [0.717, 1.165) is 0 Å². The van der Waals surface area contributed by atoms with Gasteiger partial charge in [-0.1, -0.05) is 96.5 Å². The Morgan fingerprint density at radius 2 is 0.944 bits per heavy atom. The molecule has 1 heterocycles. The molecule has 12 amide bonds. The Balaban J connectivity index is 1.94. The number of unbranched alkanes of at least 4 members (excludes halogenated alkanes) is 2. The zero-order valence-electron chi connectivity index (χ0n) is 63.0. The van der Waals surface area contributed by atoms with Crippen LogP contribution in [0.15, 0.2) is 65.8 Å². The summed E-state index contributed by atoms with van der Waals surface area (Å²) in [5.41, 5.74) is 24.0. The number of aromatic nitrogens is 1. The molecule has 0 aliphatic rings. The van der Waals surface area contributed by atoms with Crippen LogP contribution < -0.4 is 92.1 Å². The number of aliphatic carboxylic acids is 2. The predicted molar refractivity (Wildman–Crippen MR) is 400 cm³/mol. The van der Waals surface area contributed by atoms with Gasteiger partial charge in [0, 0.05) is 42.9 Å². The third-order valence-corrected chi connectivity index (χ3v) is 17.8. The van der Waals surface area contributed by atoms with Crippen molar-refractivity contribution in [2.75, 3.05) is 33.2 Å². The van der Waals surface area contributed by atoms with Gasteiger partial charge < -0.3 is 107 Å². The summed E-state index contributed by atoms with van der Waals surface area (Å²) in [5.74, 6) is -14.1.